The summed E-state index contributed by atoms with van der Waals surface area (Å²) in [4.78, 5) is -0.332. The van der Waals surface area contributed by atoms with E-state index < -0.39 is 22.5 Å². The zero-order chi connectivity index (χ0) is 12.7. The minimum absolute atomic E-state index is 0.125. The Morgan fingerprint density at radius 2 is 1.88 bits per heavy atom. The van der Waals surface area contributed by atoms with Crippen LogP contribution in [0.15, 0.2) is 29.2 Å². The molecule has 1 aliphatic carbocycles. The van der Waals surface area contributed by atoms with Gasteiger partial charge in [0.25, 0.3) is 0 Å². The smallest absolute Gasteiger partial charge is 0.445 e. The Labute approximate surface area is 97.1 Å². The highest BCUT2D eigenvalue weighted by Crippen LogP contribution is 2.22. The summed E-state index contributed by atoms with van der Waals surface area (Å²) in [6, 6.07) is 3.68. The number of rotatable bonds is 4. The second kappa shape index (κ2) is 4.02. The molecule has 1 aliphatic rings. The quantitative estimate of drug-likeness (QED) is 0.830. The van der Waals surface area contributed by atoms with Crippen LogP contribution in [0.3, 0.4) is 0 Å². The van der Waals surface area contributed by atoms with Gasteiger partial charge in [0.05, 0.1) is 4.90 Å². The minimum atomic E-state index is -5.18. The molecule has 0 bridgehead atoms. The third-order valence-electron chi connectivity index (χ3n) is 2.45. The Balaban J connectivity index is 2.32. The summed E-state index contributed by atoms with van der Waals surface area (Å²) in [6.07, 6.45) is 1.48. The largest absolute Gasteiger partial charge is 0.509 e. The molecule has 0 unspecified atom stereocenters. The molecule has 17 heavy (non-hydrogen) atoms. The van der Waals surface area contributed by atoms with Crippen molar-refractivity contribution in [2.45, 2.75) is 23.8 Å². The molecule has 94 valence electrons. The van der Waals surface area contributed by atoms with Crippen LogP contribution in [0.25, 0.3) is 0 Å². The summed E-state index contributed by atoms with van der Waals surface area (Å²) >= 11 is 0. The lowest BCUT2D eigenvalue weighted by atomic mass is 9.80. The van der Waals surface area contributed by atoms with Crippen LogP contribution in [0.5, 0.6) is 0 Å². The number of hydrogen-bond donors (Lipinski definition) is 1. The lowest BCUT2D eigenvalue weighted by Crippen LogP contribution is -2.35. The van der Waals surface area contributed by atoms with Crippen LogP contribution in [0, 0.1) is 0 Å². The van der Waals surface area contributed by atoms with Crippen LogP contribution in [0.2, 0.25) is 0 Å². The lowest BCUT2D eigenvalue weighted by Gasteiger charge is -2.15. The van der Waals surface area contributed by atoms with Crippen molar-refractivity contribution in [3.63, 3.8) is 0 Å². The highest BCUT2D eigenvalue weighted by molar-refractivity contribution is 7.89. The van der Waals surface area contributed by atoms with Gasteiger partial charge in [0, 0.05) is 6.04 Å². The van der Waals surface area contributed by atoms with E-state index in [1.54, 1.807) is 0 Å². The Kier molecular flexibility index (Phi) is 2.95. The topological polar surface area (TPSA) is 46.2 Å². The summed E-state index contributed by atoms with van der Waals surface area (Å²) in [5, 5.41) is 0. The molecule has 0 saturated heterocycles. The first-order valence-corrected chi connectivity index (χ1v) is 6.59. The SMILES string of the molecule is O=S(=O)(NC1CC1)c1cccc([B-](F)(F)F)c1. The predicted molar refractivity (Wildman–Crippen MR) is 58.5 cm³/mol. The van der Waals surface area contributed by atoms with E-state index in [1.807, 2.05) is 0 Å². The molecule has 0 amide bonds. The maximum Gasteiger partial charge on any atom is 0.509 e. The molecule has 0 heterocycles. The van der Waals surface area contributed by atoms with Crippen LogP contribution in [-0.2, 0) is 10.0 Å². The fourth-order valence-electron chi connectivity index (χ4n) is 1.37. The molecule has 0 atom stereocenters. The van der Waals surface area contributed by atoms with E-state index >= 15 is 0 Å². The molecule has 1 saturated carbocycles. The van der Waals surface area contributed by atoms with Crippen molar-refractivity contribution >= 4 is 22.5 Å². The van der Waals surface area contributed by atoms with Gasteiger partial charge >= 0.3 is 6.98 Å². The van der Waals surface area contributed by atoms with Gasteiger partial charge in [-0.25, -0.2) is 13.1 Å². The molecule has 1 aromatic carbocycles. The second-order valence-electron chi connectivity index (χ2n) is 4.04. The summed E-state index contributed by atoms with van der Waals surface area (Å²) in [5.41, 5.74) is -0.899. The van der Waals surface area contributed by atoms with Gasteiger partial charge in [-0.2, -0.15) is 0 Å². The van der Waals surface area contributed by atoms with Crippen LogP contribution >= 0.6 is 0 Å². The molecule has 1 aromatic rings. The van der Waals surface area contributed by atoms with E-state index in [4.69, 9.17) is 0 Å². The fourth-order valence-corrected chi connectivity index (χ4v) is 2.73. The van der Waals surface area contributed by atoms with Gasteiger partial charge in [0.1, 0.15) is 0 Å². The van der Waals surface area contributed by atoms with Gasteiger partial charge in [0.2, 0.25) is 10.0 Å². The van der Waals surface area contributed by atoms with E-state index in [0.717, 1.165) is 31.0 Å². The number of halogens is 3. The van der Waals surface area contributed by atoms with Gasteiger partial charge in [-0.1, -0.05) is 18.2 Å². The molecule has 2 rings (SSSR count). The molecule has 3 nitrogen and oxygen atoms in total. The number of sulfonamides is 1. The monoisotopic (exact) mass is 264 g/mol. The summed E-state index contributed by atoms with van der Waals surface area (Å²) in [7, 11) is -3.82. The molecule has 0 aliphatic heterocycles. The third kappa shape index (κ3) is 3.01. The van der Waals surface area contributed by atoms with Gasteiger partial charge in [0.15, 0.2) is 0 Å². The maximum absolute atomic E-state index is 12.5. The van der Waals surface area contributed by atoms with Crippen molar-refractivity contribution in [3.05, 3.63) is 24.3 Å². The molecule has 8 heteroatoms. The van der Waals surface area contributed by atoms with E-state index in [2.05, 4.69) is 4.72 Å². The first-order valence-electron chi connectivity index (χ1n) is 5.11. The number of nitrogens with one attached hydrogen (secondary N) is 1. The van der Waals surface area contributed by atoms with Crippen molar-refractivity contribution in [1.82, 2.24) is 4.72 Å². The first kappa shape index (κ1) is 12.4. The van der Waals surface area contributed by atoms with Gasteiger partial charge in [-0.3, -0.25) is 0 Å². The third-order valence-corrected chi connectivity index (χ3v) is 3.96. The molecular formula is C9H10BF3NO2S-. The Morgan fingerprint density at radius 1 is 1.24 bits per heavy atom. The second-order valence-corrected chi connectivity index (χ2v) is 5.76. The summed E-state index contributed by atoms with van der Waals surface area (Å²) in [6.45, 7) is -5.18. The van der Waals surface area contributed by atoms with Gasteiger partial charge in [-0.05, 0) is 18.9 Å². The number of hydrogen-bond acceptors (Lipinski definition) is 2. The van der Waals surface area contributed by atoms with Crippen molar-refractivity contribution in [1.29, 1.82) is 0 Å². The van der Waals surface area contributed by atoms with E-state index in [1.165, 1.54) is 0 Å². The fraction of sp³-hybridized carbons (Fsp3) is 0.333. The van der Waals surface area contributed by atoms with Crippen molar-refractivity contribution in [3.8, 4) is 0 Å². The van der Waals surface area contributed by atoms with Crippen LogP contribution in [-0.4, -0.2) is 21.4 Å². The predicted octanol–water partition coefficient (Wildman–Crippen LogP) is 1.18. The average molecular weight is 264 g/mol. The summed E-state index contributed by atoms with van der Waals surface area (Å²) < 4.78 is 63.2. The van der Waals surface area contributed by atoms with E-state index in [-0.39, 0.29) is 10.9 Å². The molecule has 1 N–H and O–H groups in total. The zero-order valence-electron chi connectivity index (χ0n) is 8.74. The van der Waals surface area contributed by atoms with Gasteiger partial charge < -0.3 is 12.9 Å². The zero-order valence-corrected chi connectivity index (χ0v) is 9.55. The highest BCUT2D eigenvalue weighted by Gasteiger charge is 2.30. The summed E-state index contributed by atoms with van der Waals surface area (Å²) in [5.74, 6) is 0. The van der Waals surface area contributed by atoms with E-state index in [9.17, 15) is 21.4 Å². The van der Waals surface area contributed by atoms with Gasteiger partial charge in [-0.15, -0.1) is 5.46 Å². The Morgan fingerprint density at radius 3 is 2.41 bits per heavy atom. The first-order chi connectivity index (χ1) is 7.79. The van der Waals surface area contributed by atoms with Crippen molar-refractivity contribution in [2.75, 3.05) is 0 Å². The maximum atomic E-state index is 12.5. The number of benzene rings is 1. The van der Waals surface area contributed by atoms with Crippen LogP contribution in [0.4, 0.5) is 12.9 Å². The van der Waals surface area contributed by atoms with Crippen molar-refractivity contribution < 1.29 is 21.4 Å². The molecule has 0 radical (unpaired) electrons. The molecule has 1 fully saturated rings. The Hall–Kier alpha value is -1.02. The van der Waals surface area contributed by atoms with Crippen LogP contribution < -0.4 is 10.2 Å². The van der Waals surface area contributed by atoms with Crippen molar-refractivity contribution in [2.24, 2.45) is 0 Å². The lowest BCUT2D eigenvalue weighted by molar-refractivity contribution is 0.501. The standard InChI is InChI=1S/C9H10BF3NO2S/c11-10(12,13)7-2-1-3-9(6-7)17(15,16)14-8-4-5-8/h1-3,6,8,14H,4-5H2/q-1. The molecule has 0 spiro atoms. The Bertz CT molecular complexity index is 525. The minimum Gasteiger partial charge on any atom is -0.445 e. The van der Waals surface area contributed by atoms with E-state index in [0.29, 0.717) is 6.07 Å². The molecular weight excluding hydrogens is 254 g/mol. The van der Waals surface area contributed by atoms with Crippen LogP contribution in [0.1, 0.15) is 12.8 Å². The molecule has 0 aromatic heterocycles. The highest BCUT2D eigenvalue weighted by atomic mass is 32.2. The average Bonchev–Trinajstić information content (AvgIpc) is 3.00. The normalized spacial score (nSPS) is 17.1.